The molecule has 0 saturated carbocycles. The van der Waals surface area contributed by atoms with Gasteiger partial charge >= 0.3 is 0 Å². The Bertz CT molecular complexity index is 486. The van der Waals surface area contributed by atoms with Gasteiger partial charge in [-0.3, -0.25) is 14.9 Å². The maximum Gasteiger partial charge on any atom is 0.287 e. The molecule has 0 atom stereocenters. The first-order valence-electron chi connectivity index (χ1n) is 6.31. The molecule has 0 bridgehead atoms. The Morgan fingerprint density at radius 2 is 2.05 bits per heavy atom. The highest BCUT2D eigenvalue weighted by atomic mass is 79.9. The van der Waals surface area contributed by atoms with Gasteiger partial charge < -0.3 is 9.80 Å². The minimum absolute atomic E-state index is 0.0140. The standard InChI is InChI=1S/C12H15BrN4O3/c13-4-3-12(18)16-7-5-15(6-8-16)11-2-1-10(9-14-11)17(19)20/h1-2,9H,3-8H2. The molecule has 0 aliphatic carbocycles. The molecule has 7 nitrogen and oxygen atoms in total. The van der Waals surface area contributed by atoms with E-state index < -0.39 is 4.92 Å². The van der Waals surface area contributed by atoms with Gasteiger partial charge in [-0.05, 0) is 6.07 Å². The summed E-state index contributed by atoms with van der Waals surface area (Å²) in [6, 6.07) is 3.10. The van der Waals surface area contributed by atoms with Crippen LogP contribution in [0.1, 0.15) is 6.42 Å². The lowest BCUT2D eigenvalue weighted by atomic mass is 10.2. The maximum absolute atomic E-state index is 11.7. The van der Waals surface area contributed by atoms with Crippen LogP contribution in [0, 0.1) is 10.1 Å². The van der Waals surface area contributed by atoms with Crippen LogP contribution in [-0.2, 0) is 4.79 Å². The average Bonchev–Trinajstić information content (AvgIpc) is 2.48. The molecule has 0 radical (unpaired) electrons. The van der Waals surface area contributed by atoms with Crippen LogP contribution in [0.3, 0.4) is 0 Å². The minimum atomic E-state index is -0.465. The summed E-state index contributed by atoms with van der Waals surface area (Å²) in [7, 11) is 0. The van der Waals surface area contributed by atoms with E-state index in [0.29, 0.717) is 43.7 Å². The van der Waals surface area contributed by atoms with E-state index in [-0.39, 0.29) is 11.6 Å². The fourth-order valence-electron chi connectivity index (χ4n) is 2.10. The summed E-state index contributed by atoms with van der Waals surface area (Å²) in [5.74, 6) is 0.862. The first kappa shape index (κ1) is 14.7. The Morgan fingerprint density at radius 3 is 2.55 bits per heavy atom. The first-order chi connectivity index (χ1) is 9.61. The molecule has 0 N–H and O–H groups in total. The number of piperazine rings is 1. The van der Waals surface area contributed by atoms with Gasteiger partial charge in [-0.2, -0.15) is 0 Å². The highest BCUT2D eigenvalue weighted by Gasteiger charge is 2.21. The van der Waals surface area contributed by atoms with E-state index in [1.165, 1.54) is 12.3 Å². The Balaban J connectivity index is 1.93. The molecule has 1 saturated heterocycles. The van der Waals surface area contributed by atoms with Crippen molar-refractivity contribution in [3.63, 3.8) is 0 Å². The number of pyridine rings is 1. The van der Waals surface area contributed by atoms with Crippen molar-refractivity contribution in [2.45, 2.75) is 6.42 Å². The summed E-state index contributed by atoms with van der Waals surface area (Å²) in [6.45, 7) is 2.70. The topological polar surface area (TPSA) is 79.6 Å². The second-order valence-corrected chi connectivity index (χ2v) is 5.23. The van der Waals surface area contributed by atoms with Gasteiger partial charge in [-0.1, -0.05) is 15.9 Å². The van der Waals surface area contributed by atoms with Crippen LogP contribution in [0.4, 0.5) is 11.5 Å². The third-order valence-corrected chi connectivity index (χ3v) is 3.60. The fraction of sp³-hybridized carbons (Fsp3) is 0.500. The predicted molar refractivity (Wildman–Crippen MR) is 78.1 cm³/mol. The number of hydrogen-bond acceptors (Lipinski definition) is 5. The zero-order valence-corrected chi connectivity index (χ0v) is 12.5. The van der Waals surface area contributed by atoms with Crippen LogP contribution >= 0.6 is 15.9 Å². The van der Waals surface area contributed by atoms with Crippen LogP contribution in [0.2, 0.25) is 0 Å². The smallest absolute Gasteiger partial charge is 0.287 e. The molecular weight excluding hydrogens is 328 g/mol. The third-order valence-electron chi connectivity index (χ3n) is 3.21. The van der Waals surface area contributed by atoms with Crippen molar-refractivity contribution in [1.29, 1.82) is 0 Å². The van der Waals surface area contributed by atoms with Crippen LogP contribution < -0.4 is 4.90 Å². The lowest BCUT2D eigenvalue weighted by molar-refractivity contribution is -0.385. The summed E-state index contributed by atoms with van der Waals surface area (Å²) in [5, 5.41) is 11.2. The van der Waals surface area contributed by atoms with Crippen molar-refractivity contribution in [2.75, 3.05) is 36.4 Å². The molecule has 1 amide bonds. The molecule has 1 fully saturated rings. The summed E-state index contributed by atoms with van der Waals surface area (Å²) >= 11 is 3.26. The van der Waals surface area contributed by atoms with Crippen molar-refractivity contribution < 1.29 is 9.72 Å². The van der Waals surface area contributed by atoms with Crippen molar-refractivity contribution >= 4 is 33.3 Å². The fourth-order valence-corrected chi connectivity index (χ4v) is 2.44. The number of nitrogens with zero attached hydrogens (tertiary/aromatic N) is 4. The zero-order valence-electron chi connectivity index (χ0n) is 10.9. The summed E-state index contributed by atoms with van der Waals surface area (Å²) in [4.78, 5) is 29.8. The quantitative estimate of drug-likeness (QED) is 0.469. The molecule has 0 spiro atoms. The Morgan fingerprint density at radius 1 is 1.35 bits per heavy atom. The number of rotatable bonds is 4. The molecule has 2 heterocycles. The van der Waals surface area contributed by atoms with Crippen LogP contribution in [0.15, 0.2) is 18.3 Å². The van der Waals surface area contributed by atoms with Crippen molar-refractivity contribution in [3.05, 3.63) is 28.4 Å². The second kappa shape index (κ2) is 6.65. The van der Waals surface area contributed by atoms with E-state index in [0.717, 1.165) is 0 Å². The van der Waals surface area contributed by atoms with E-state index >= 15 is 0 Å². The van der Waals surface area contributed by atoms with Gasteiger partial charge in [0.15, 0.2) is 0 Å². The second-order valence-electron chi connectivity index (χ2n) is 4.44. The number of alkyl halides is 1. The molecule has 0 unspecified atom stereocenters. The Hall–Kier alpha value is -1.70. The molecule has 1 aromatic heterocycles. The molecule has 2 rings (SSSR count). The molecule has 1 aliphatic heterocycles. The zero-order chi connectivity index (χ0) is 14.5. The van der Waals surface area contributed by atoms with Crippen molar-refractivity contribution in [2.24, 2.45) is 0 Å². The number of aromatic nitrogens is 1. The normalized spacial score (nSPS) is 15.2. The molecular formula is C12H15BrN4O3. The van der Waals surface area contributed by atoms with Gasteiger partial charge in [-0.25, -0.2) is 4.98 Å². The molecule has 0 aromatic carbocycles. The molecule has 8 heteroatoms. The highest BCUT2D eigenvalue weighted by Crippen LogP contribution is 2.17. The monoisotopic (exact) mass is 342 g/mol. The average molecular weight is 343 g/mol. The van der Waals surface area contributed by atoms with Gasteiger partial charge in [0, 0.05) is 44.0 Å². The van der Waals surface area contributed by atoms with E-state index in [1.807, 2.05) is 9.80 Å². The highest BCUT2D eigenvalue weighted by molar-refractivity contribution is 9.09. The number of nitro groups is 1. The predicted octanol–water partition coefficient (Wildman–Crippen LogP) is 1.42. The van der Waals surface area contributed by atoms with E-state index in [9.17, 15) is 14.9 Å². The first-order valence-corrected chi connectivity index (χ1v) is 7.43. The van der Waals surface area contributed by atoms with Crippen LogP contribution in [0.5, 0.6) is 0 Å². The molecule has 108 valence electrons. The Labute approximate surface area is 124 Å². The van der Waals surface area contributed by atoms with E-state index in [4.69, 9.17) is 0 Å². The lowest BCUT2D eigenvalue weighted by Gasteiger charge is -2.35. The largest absolute Gasteiger partial charge is 0.353 e. The summed E-state index contributed by atoms with van der Waals surface area (Å²) < 4.78 is 0. The molecule has 20 heavy (non-hydrogen) atoms. The van der Waals surface area contributed by atoms with Crippen LogP contribution in [-0.4, -0.2) is 52.2 Å². The van der Waals surface area contributed by atoms with Crippen molar-refractivity contribution in [1.82, 2.24) is 9.88 Å². The number of hydrogen-bond donors (Lipinski definition) is 0. The molecule has 1 aliphatic rings. The molecule has 1 aromatic rings. The number of halogens is 1. The number of anilines is 1. The van der Waals surface area contributed by atoms with Gasteiger partial charge in [0.2, 0.25) is 5.91 Å². The van der Waals surface area contributed by atoms with E-state index in [1.54, 1.807) is 6.07 Å². The number of amides is 1. The van der Waals surface area contributed by atoms with Gasteiger partial charge in [-0.15, -0.1) is 0 Å². The lowest BCUT2D eigenvalue weighted by Crippen LogP contribution is -2.49. The van der Waals surface area contributed by atoms with E-state index in [2.05, 4.69) is 20.9 Å². The minimum Gasteiger partial charge on any atom is -0.353 e. The van der Waals surface area contributed by atoms with Crippen molar-refractivity contribution in [3.8, 4) is 0 Å². The Kier molecular flexibility index (Phi) is 4.89. The number of carbonyl (C=O) groups excluding carboxylic acids is 1. The van der Waals surface area contributed by atoms with Gasteiger partial charge in [0.05, 0.1) is 4.92 Å². The SMILES string of the molecule is O=C(CCBr)N1CCN(c2ccc([N+](=O)[O-])cn2)CC1. The maximum atomic E-state index is 11.7. The van der Waals surface area contributed by atoms with Gasteiger partial charge in [0.1, 0.15) is 12.0 Å². The third kappa shape index (κ3) is 3.44. The van der Waals surface area contributed by atoms with Crippen LogP contribution in [0.25, 0.3) is 0 Å². The summed E-state index contributed by atoms with van der Waals surface area (Å²) in [5.41, 5.74) is -0.0140. The van der Waals surface area contributed by atoms with Gasteiger partial charge in [0.25, 0.3) is 5.69 Å². The summed E-state index contributed by atoms with van der Waals surface area (Å²) in [6.07, 6.45) is 1.77. The number of carbonyl (C=O) groups is 1.